The summed E-state index contributed by atoms with van der Waals surface area (Å²) in [6.07, 6.45) is 0. The fraction of sp³-hybridized carbons (Fsp3) is 0.381. The minimum Gasteiger partial charge on any atom is -0.497 e. The Hall–Kier alpha value is -2.43. The maximum Gasteiger partial charge on any atom is 0.253 e. The first-order valence-electron chi connectivity index (χ1n) is 9.85. The summed E-state index contributed by atoms with van der Waals surface area (Å²) < 4.78 is 56.6. The van der Waals surface area contributed by atoms with E-state index in [-0.39, 0.29) is 41.9 Å². The number of carbonyl (C=O) groups excluding carboxylic acids is 1. The van der Waals surface area contributed by atoms with Crippen LogP contribution in [0.1, 0.15) is 24.2 Å². The van der Waals surface area contributed by atoms with Crippen molar-refractivity contribution in [2.75, 3.05) is 33.3 Å². The van der Waals surface area contributed by atoms with Crippen molar-refractivity contribution in [2.24, 2.45) is 0 Å². The Balaban J connectivity index is 1.67. The maximum absolute atomic E-state index is 12.8. The van der Waals surface area contributed by atoms with Crippen LogP contribution in [0.15, 0.2) is 58.3 Å². The van der Waals surface area contributed by atoms with Crippen molar-refractivity contribution in [1.29, 1.82) is 0 Å². The summed E-state index contributed by atoms with van der Waals surface area (Å²) in [5, 5.41) is -0.547. The zero-order chi connectivity index (χ0) is 22.8. The van der Waals surface area contributed by atoms with E-state index in [1.165, 1.54) is 47.8 Å². The van der Waals surface area contributed by atoms with Gasteiger partial charge in [0, 0.05) is 31.7 Å². The fourth-order valence-corrected chi connectivity index (χ4v) is 5.75. The number of methoxy groups -OCH3 is 1. The number of piperazine rings is 1. The number of ether oxygens (including phenoxy) is 1. The zero-order valence-electron chi connectivity index (χ0n) is 17.7. The molecule has 0 aromatic heterocycles. The number of carbonyl (C=O) groups is 1. The first-order chi connectivity index (χ1) is 14.6. The highest BCUT2D eigenvalue weighted by Gasteiger charge is 2.30. The highest BCUT2D eigenvalue weighted by Crippen LogP contribution is 2.22. The molecule has 0 radical (unpaired) electrons. The quantitative estimate of drug-likeness (QED) is 0.646. The fourth-order valence-electron chi connectivity index (χ4n) is 3.27. The summed E-state index contributed by atoms with van der Waals surface area (Å²) in [6, 6.07) is 12.1. The van der Waals surface area contributed by atoms with Crippen LogP contribution in [-0.4, -0.2) is 70.5 Å². The second kappa shape index (κ2) is 8.97. The lowest BCUT2D eigenvalue weighted by atomic mass is 10.2. The van der Waals surface area contributed by atoms with E-state index in [9.17, 15) is 21.6 Å². The molecule has 31 heavy (non-hydrogen) atoms. The zero-order valence-corrected chi connectivity index (χ0v) is 19.3. The molecular formula is C21H26N2O6S2. The van der Waals surface area contributed by atoms with Crippen molar-refractivity contribution in [2.45, 2.75) is 28.9 Å². The average Bonchev–Trinajstić information content (AvgIpc) is 2.78. The summed E-state index contributed by atoms with van der Waals surface area (Å²) in [5.41, 5.74) is 0.370. The lowest BCUT2D eigenvalue weighted by Crippen LogP contribution is -2.50. The number of sulfone groups is 1. The number of rotatable bonds is 6. The Kier molecular flexibility index (Phi) is 6.73. The van der Waals surface area contributed by atoms with E-state index in [2.05, 4.69) is 0 Å². The molecule has 1 saturated heterocycles. The predicted octanol–water partition coefficient (Wildman–Crippen LogP) is 2.02. The molecule has 10 heteroatoms. The van der Waals surface area contributed by atoms with E-state index in [0.717, 1.165) is 0 Å². The average molecular weight is 467 g/mol. The van der Waals surface area contributed by atoms with Crippen LogP contribution in [0.25, 0.3) is 0 Å². The van der Waals surface area contributed by atoms with Crippen molar-refractivity contribution in [1.82, 2.24) is 9.21 Å². The third-order valence-electron chi connectivity index (χ3n) is 5.27. The van der Waals surface area contributed by atoms with E-state index >= 15 is 0 Å². The molecule has 0 spiro atoms. The second-order valence-corrected chi connectivity index (χ2v) is 11.9. The largest absolute Gasteiger partial charge is 0.497 e. The summed E-state index contributed by atoms with van der Waals surface area (Å²) >= 11 is 0. The lowest BCUT2D eigenvalue weighted by Gasteiger charge is -2.34. The van der Waals surface area contributed by atoms with Gasteiger partial charge < -0.3 is 9.64 Å². The highest BCUT2D eigenvalue weighted by atomic mass is 32.2. The van der Waals surface area contributed by atoms with E-state index < -0.39 is 25.1 Å². The van der Waals surface area contributed by atoms with Gasteiger partial charge >= 0.3 is 0 Å². The summed E-state index contributed by atoms with van der Waals surface area (Å²) in [5.74, 6) is 0.316. The van der Waals surface area contributed by atoms with Crippen molar-refractivity contribution in [3.63, 3.8) is 0 Å². The van der Waals surface area contributed by atoms with Gasteiger partial charge in [-0.1, -0.05) is 0 Å². The van der Waals surface area contributed by atoms with Crippen molar-refractivity contribution in [3.8, 4) is 5.75 Å². The topological polar surface area (TPSA) is 101 Å². The second-order valence-electron chi connectivity index (χ2n) is 7.49. The standard InChI is InChI=1S/C21H26N2O6S2/c1-16(2)30(25,26)19-8-4-17(5-9-19)21(24)22-12-14-23(15-13-22)31(27,28)20-10-6-18(29-3)7-11-20/h4-11,16H,12-15H2,1-3H3. The van der Waals surface area contributed by atoms with Crippen LogP contribution in [0.2, 0.25) is 0 Å². The third-order valence-corrected chi connectivity index (χ3v) is 9.36. The Morgan fingerprint density at radius 2 is 1.35 bits per heavy atom. The van der Waals surface area contributed by atoms with Gasteiger partial charge in [0.2, 0.25) is 10.0 Å². The SMILES string of the molecule is COc1ccc(S(=O)(=O)N2CCN(C(=O)c3ccc(S(=O)(=O)C(C)C)cc3)CC2)cc1. The van der Waals surface area contributed by atoms with Crippen molar-refractivity contribution >= 4 is 25.8 Å². The maximum atomic E-state index is 12.8. The first kappa shape index (κ1) is 23.2. The molecule has 1 aliphatic rings. The number of sulfonamides is 1. The minimum absolute atomic E-state index is 0.175. The van der Waals surface area contributed by atoms with Crippen LogP contribution in [0, 0.1) is 0 Å². The minimum atomic E-state index is -3.66. The molecule has 1 amide bonds. The normalized spacial score (nSPS) is 15.8. The van der Waals surface area contributed by atoms with Crippen LogP contribution >= 0.6 is 0 Å². The molecule has 1 heterocycles. The predicted molar refractivity (Wildman–Crippen MR) is 116 cm³/mol. The van der Waals surface area contributed by atoms with Gasteiger partial charge in [-0.3, -0.25) is 4.79 Å². The van der Waals surface area contributed by atoms with Crippen molar-refractivity contribution in [3.05, 3.63) is 54.1 Å². The number of hydrogen-bond acceptors (Lipinski definition) is 6. The lowest BCUT2D eigenvalue weighted by molar-refractivity contribution is 0.0698. The summed E-state index contributed by atoms with van der Waals surface area (Å²) in [7, 11) is -5.55. The van der Waals surface area contributed by atoms with E-state index in [1.54, 1.807) is 30.9 Å². The smallest absolute Gasteiger partial charge is 0.253 e. The number of hydrogen-bond donors (Lipinski definition) is 0. The molecule has 1 aliphatic heterocycles. The summed E-state index contributed by atoms with van der Waals surface area (Å²) in [6.45, 7) is 4.07. The highest BCUT2D eigenvalue weighted by molar-refractivity contribution is 7.92. The Labute approximate surface area is 183 Å². The number of amides is 1. The van der Waals surface area contributed by atoms with Crippen LogP contribution in [0.5, 0.6) is 5.75 Å². The molecule has 0 aliphatic carbocycles. The molecule has 2 aromatic carbocycles. The van der Waals surface area contributed by atoms with E-state index in [0.29, 0.717) is 11.3 Å². The van der Waals surface area contributed by atoms with Crippen LogP contribution in [0.3, 0.4) is 0 Å². The molecule has 2 aromatic rings. The van der Waals surface area contributed by atoms with E-state index in [1.807, 2.05) is 0 Å². The summed E-state index contributed by atoms with van der Waals surface area (Å²) in [4.78, 5) is 14.7. The third kappa shape index (κ3) is 4.76. The molecule has 3 rings (SSSR count). The van der Waals surface area contributed by atoms with Crippen molar-refractivity contribution < 1.29 is 26.4 Å². The van der Waals surface area contributed by atoms with Gasteiger partial charge in [-0.05, 0) is 62.4 Å². The molecule has 0 bridgehead atoms. The van der Waals surface area contributed by atoms with Crippen LogP contribution in [-0.2, 0) is 19.9 Å². The van der Waals surface area contributed by atoms with Gasteiger partial charge in [0.1, 0.15) is 5.75 Å². The van der Waals surface area contributed by atoms with Gasteiger partial charge in [0.15, 0.2) is 9.84 Å². The molecular weight excluding hydrogens is 440 g/mol. The molecule has 0 N–H and O–H groups in total. The van der Waals surface area contributed by atoms with Gasteiger partial charge in [0.05, 0.1) is 22.2 Å². The first-order valence-corrected chi connectivity index (χ1v) is 12.8. The molecule has 0 saturated carbocycles. The van der Waals surface area contributed by atoms with Crippen LogP contribution < -0.4 is 4.74 Å². The van der Waals surface area contributed by atoms with Gasteiger partial charge in [-0.25, -0.2) is 16.8 Å². The molecule has 1 fully saturated rings. The molecule has 0 atom stereocenters. The molecule has 8 nitrogen and oxygen atoms in total. The number of benzene rings is 2. The van der Waals surface area contributed by atoms with Gasteiger partial charge in [-0.2, -0.15) is 4.31 Å². The Morgan fingerprint density at radius 3 is 1.84 bits per heavy atom. The van der Waals surface area contributed by atoms with Gasteiger partial charge in [0.25, 0.3) is 5.91 Å². The Morgan fingerprint density at radius 1 is 0.839 bits per heavy atom. The molecule has 168 valence electrons. The monoisotopic (exact) mass is 466 g/mol. The van der Waals surface area contributed by atoms with Crippen LogP contribution in [0.4, 0.5) is 0 Å². The Bertz CT molecular complexity index is 1130. The number of nitrogens with zero attached hydrogens (tertiary/aromatic N) is 2. The van der Waals surface area contributed by atoms with E-state index in [4.69, 9.17) is 4.74 Å². The van der Waals surface area contributed by atoms with Gasteiger partial charge in [-0.15, -0.1) is 0 Å². The molecule has 0 unspecified atom stereocenters.